The normalized spacial score (nSPS) is 16.7. The van der Waals surface area contributed by atoms with E-state index in [0.29, 0.717) is 6.42 Å². The minimum absolute atomic E-state index is 0.138. The van der Waals surface area contributed by atoms with Crippen LogP contribution in [0.4, 0.5) is 39.5 Å². The van der Waals surface area contributed by atoms with Gasteiger partial charge >= 0.3 is 18.5 Å². The average Bonchev–Trinajstić information content (AvgIpc) is 2.99. The summed E-state index contributed by atoms with van der Waals surface area (Å²) in [6.07, 6.45) is -10.6. The highest BCUT2D eigenvalue weighted by atomic mass is 32.2. The molecule has 0 spiro atoms. The van der Waals surface area contributed by atoms with Crippen molar-refractivity contribution in [2.24, 2.45) is 0 Å². The van der Waals surface area contributed by atoms with Crippen LogP contribution in [0, 0.1) is 0 Å². The molecule has 0 aromatic heterocycles. The lowest BCUT2D eigenvalue weighted by molar-refractivity contribution is -0.143. The molecular formula is C30H34F9N3O4S. The molecule has 1 heterocycles. The molecule has 0 bridgehead atoms. The van der Waals surface area contributed by atoms with Gasteiger partial charge in [-0.2, -0.15) is 43.8 Å². The number of benzene rings is 2. The van der Waals surface area contributed by atoms with Gasteiger partial charge in [-0.3, -0.25) is 9.59 Å². The molecule has 3 rings (SSSR count). The summed E-state index contributed by atoms with van der Waals surface area (Å²) in [5.74, 6) is -2.60. The molecule has 262 valence electrons. The van der Waals surface area contributed by atoms with Gasteiger partial charge in [0.25, 0.3) is 5.91 Å². The molecule has 2 aromatic rings. The van der Waals surface area contributed by atoms with Crippen LogP contribution in [-0.2, 0) is 39.9 Å². The minimum atomic E-state index is -5.22. The molecule has 1 aliphatic heterocycles. The number of rotatable bonds is 12. The van der Waals surface area contributed by atoms with E-state index in [2.05, 4.69) is 5.32 Å². The molecule has 7 nitrogen and oxygen atoms in total. The first-order valence-electron chi connectivity index (χ1n) is 14.8. The van der Waals surface area contributed by atoms with Gasteiger partial charge in [-0.25, -0.2) is 8.42 Å². The highest BCUT2D eigenvalue weighted by Crippen LogP contribution is 2.37. The van der Waals surface area contributed by atoms with Crippen LogP contribution in [0.3, 0.4) is 0 Å². The van der Waals surface area contributed by atoms with E-state index in [-0.39, 0.29) is 42.5 Å². The van der Waals surface area contributed by atoms with Crippen molar-refractivity contribution in [1.82, 2.24) is 14.5 Å². The van der Waals surface area contributed by atoms with Gasteiger partial charge in [0.2, 0.25) is 15.9 Å². The maximum absolute atomic E-state index is 13.4. The monoisotopic (exact) mass is 703 g/mol. The Morgan fingerprint density at radius 1 is 0.766 bits per heavy atom. The van der Waals surface area contributed by atoms with Crippen LogP contribution in [0.1, 0.15) is 78.1 Å². The first kappa shape index (κ1) is 38.1. The van der Waals surface area contributed by atoms with Crippen molar-refractivity contribution in [1.29, 1.82) is 0 Å². The minimum Gasteiger partial charge on any atom is -0.351 e. The summed E-state index contributed by atoms with van der Waals surface area (Å²) in [4.78, 5) is 27.4. The molecular weight excluding hydrogens is 669 g/mol. The number of carbonyl (C=O) groups is 2. The van der Waals surface area contributed by atoms with Crippen molar-refractivity contribution >= 4 is 21.8 Å². The van der Waals surface area contributed by atoms with Crippen molar-refractivity contribution in [2.45, 2.75) is 76.6 Å². The van der Waals surface area contributed by atoms with E-state index in [1.54, 1.807) is 0 Å². The smallest absolute Gasteiger partial charge is 0.351 e. The number of hydrogen-bond donors (Lipinski definition) is 1. The molecule has 1 fully saturated rings. The van der Waals surface area contributed by atoms with Gasteiger partial charge in [0.05, 0.1) is 22.4 Å². The zero-order valence-corrected chi connectivity index (χ0v) is 26.1. The maximum atomic E-state index is 13.4. The lowest BCUT2D eigenvalue weighted by Gasteiger charge is -2.39. The Morgan fingerprint density at radius 2 is 1.30 bits per heavy atom. The van der Waals surface area contributed by atoms with E-state index < -0.39 is 88.3 Å². The van der Waals surface area contributed by atoms with Crippen LogP contribution >= 0.6 is 0 Å². The van der Waals surface area contributed by atoms with Crippen LogP contribution in [0.25, 0.3) is 0 Å². The molecule has 1 aliphatic rings. The SMILES string of the molecule is CCCCCCCCS(=O)(=O)N1CCN(C(=O)c2cc(C(F)(F)F)cc(C(F)(F)F)c2)CC1C(=O)NCc1ccc(C(F)(F)F)cc1. The lowest BCUT2D eigenvalue weighted by atomic mass is 10.0. The van der Waals surface area contributed by atoms with E-state index in [1.165, 1.54) is 0 Å². The third kappa shape index (κ3) is 10.6. The van der Waals surface area contributed by atoms with E-state index >= 15 is 0 Å². The maximum Gasteiger partial charge on any atom is 0.416 e. The van der Waals surface area contributed by atoms with Gasteiger partial charge in [-0.05, 0) is 42.3 Å². The van der Waals surface area contributed by atoms with Crippen LogP contribution in [-0.4, -0.2) is 60.9 Å². The summed E-state index contributed by atoms with van der Waals surface area (Å²) in [7, 11) is -4.13. The van der Waals surface area contributed by atoms with Crippen molar-refractivity contribution in [3.05, 3.63) is 70.3 Å². The molecule has 1 atom stereocenters. The van der Waals surface area contributed by atoms with Crippen molar-refractivity contribution in [3.63, 3.8) is 0 Å². The number of nitrogens with one attached hydrogen (secondary N) is 1. The van der Waals surface area contributed by atoms with Crippen molar-refractivity contribution in [2.75, 3.05) is 25.4 Å². The molecule has 0 saturated carbocycles. The Bertz CT molecular complexity index is 1460. The molecule has 2 aromatic carbocycles. The Labute approximate surface area is 266 Å². The third-order valence-corrected chi connectivity index (χ3v) is 9.57. The Kier molecular flexibility index (Phi) is 12.4. The highest BCUT2D eigenvalue weighted by molar-refractivity contribution is 7.89. The number of hydrogen-bond acceptors (Lipinski definition) is 4. The average molecular weight is 704 g/mol. The van der Waals surface area contributed by atoms with Gasteiger partial charge in [-0.1, -0.05) is 51.2 Å². The lowest BCUT2D eigenvalue weighted by Crippen LogP contribution is -2.61. The Morgan fingerprint density at radius 3 is 1.83 bits per heavy atom. The van der Waals surface area contributed by atoms with Crippen LogP contribution in [0.5, 0.6) is 0 Å². The second kappa shape index (κ2) is 15.3. The summed E-state index contributed by atoms with van der Waals surface area (Å²) < 4.78 is 147. The number of unbranched alkanes of at least 4 members (excludes halogenated alkanes) is 5. The van der Waals surface area contributed by atoms with Crippen LogP contribution in [0.2, 0.25) is 0 Å². The number of alkyl halides is 9. The van der Waals surface area contributed by atoms with E-state index in [0.717, 1.165) is 59.2 Å². The van der Waals surface area contributed by atoms with Gasteiger partial charge in [0, 0.05) is 31.7 Å². The fourth-order valence-electron chi connectivity index (χ4n) is 5.06. The second-order valence-electron chi connectivity index (χ2n) is 11.2. The third-order valence-electron chi connectivity index (χ3n) is 7.62. The summed E-state index contributed by atoms with van der Waals surface area (Å²) in [5, 5.41) is 2.41. The van der Waals surface area contributed by atoms with Gasteiger partial charge in [0.15, 0.2) is 0 Å². The molecule has 2 amide bonds. The molecule has 0 aliphatic carbocycles. The molecule has 0 radical (unpaired) electrons. The van der Waals surface area contributed by atoms with Crippen molar-refractivity contribution < 1.29 is 57.5 Å². The number of amides is 2. The predicted octanol–water partition coefficient (Wildman–Crippen LogP) is 6.88. The van der Waals surface area contributed by atoms with E-state index in [1.807, 2.05) is 6.92 Å². The molecule has 1 saturated heterocycles. The quantitative estimate of drug-likeness (QED) is 0.193. The predicted molar refractivity (Wildman–Crippen MR) is 153 cm³/mol. The van der Waals surface area contributed by atoms with Crippen LogP contribution in [0.15, 0.2) is 42.5 Å². The van der Waals surface area contributed by atoms with Gasteiger partial charge < -0.3 is 10.2 Å². The zero-order chi connectivity index (χ0) is 35.2. The fourth-order valence-corrected chi connectivity index (χ4v) is 6.77. The van der Waals surface area contributed by atoms with Crippen LogP contribution < -0.4 is 5.32 Å². The summed E-state index contributed by atoms with van der Waals surface area (Å²) in [5.41, 5.74) is -5.12. The number of sulfonamides is 1. The highest BCUT2D eigenvalue weighted by Gasteiger charge is 2.42. The first-order chi connectivity index (χ1) is 21.7. The fraction of sp³-hybridized carbons (Fsp3) is 0.533. The zero-order valence-electron chi connectivity index (χ0n) is 25.2. The van der Waals surface area contributed by atoms with Gasteiger partial charge in [0.1, 0.15) is 6.04 Å². The Balaban J connectivity index is 1.86. The van der Waals surface area contributed by atoms with E-state index in [4.69, 9.17) is 0 Å². The van der Waals surface area contributed by atoms with E-state index in [9.17, 15) is 57.5 Å². The second-order valence-corrected chi connectivity index (χ2v) is 13.2. The number of nitrogens with zero attached hydrogens (tertiary/aromatic N) is 2. The number of piperazine rings is 1. The summed E-state index contributed by atoms with van der Waals surface area (Å²) in [6.45, 7) is 0.0579. The molecule has 1 unspecified atom stereocenters. The molecule has 1 N–H and O–H groups in total. The summed E-state index contributed by atoms with van der Waals surface area (Å²) in [6, 6.07) is 2.49. The summed E-state index contributed by atoms with van der Waals surface area (Å²) >= 11 is 0. The first-order valence-corrected chi connectivity index (χ1v) is 16.4. The number of carbonyl (C=O) groups excluding carboxylic acids is 2. The number of halogens is 9. The molecule has 17 heteroatoms. The van der Waals surface area contributed by atoms with Gasteiger partial charge in [-0.15, -0.1) is 0 Å². The largest absolute Gasteiger partial charge is 0.416 e. The van der Waals surface area contributed by atoms with Crippen molar-refractivity contribution in [3.8, 4) is 0 Å². The standard InChI is InChI=1S/C30H34F9N3O4S/c1-2-3-4-5-6-7-14-47(45,46)42-13-12-41(27(44)21-15-23(29(34,35)36)17-24(16-21)30(37,38)39)19-25(42)26(43)40-18-20-8-10-22(11-9-20)28(31,32)33/h8-11,15-17,25H,2-7,12-14,18-19H2,1H3,(H,40,43). The Hall–Kier alpha value is -3.34. The molecule has 47 heavy (non-hydrogen) atoms. The topological polar surface area (TPSA) is 86.8 Å².